The molecule has 1 saturated heterocycles. The monoisotopic (exact) mass is 284 g/mol. The van der Waals surface area contributed by atoms with Crippen molar-refractivity contribution in [2.45, 2.75) is 13.0 Å². The van der Waals surface area contributed by atoms with E-state index in [2.05, 4.69) is 4.72 Å². The van der Waals surface area contributed by atoms with Crippen LogP contribution in [-0.4, -0.2) is 36.9 Å². The van der Waals surface area contributed by atoms with E-state index >= 15 is 0 Å². The topological polar surface area (TPSA) is 86.7 Å². The summed E-state index contributed by atoms with van der Waals surface area (Å²) in [5.41, 5.74) is 0.861. The van der Waals surface area contributed by atoms with Gasteiger partial charge in [-0.1, -0.05) is 30.3 Å². The zero-order valence-electron chi connectivity index (χ0n) is 10.3. The Balaban J connectivity index is 1.94. The number of carbonyl (C=O) groups is 1. The normalized spacial score (nSPS) is 20.5. The van der Waals surface area contributed by atoms with Crippen molar-refractivity contribution in [1.29, 1.82) is 0 Å². The SMILES string of the molecule is O=C(O)C1CCN(S(=O)(=O)NCc2ccccc2)C1. The molecule has 1 atom stereocenters. The molecule has 0 aliphatic carbocycles. The Bertz CT molecular complexity index is 544. The third-order valence-electron chi connectivity index (χ3n) is 3.14. The molecule has 6 nitrogen and oxygen atoms in total. The van der Waals surface area contributed by atoms with Crippen LogP contribution >= 0.6 is 0 Å². The first-order chi connectivity index (χ1) is 8.99. The summed E-state index contributed by atoms with van der Waals surface area (Å²) in [6.45, 7) is 0.498. The molecule has 0 saturated carbocycles. The summed E-state index contributed by atoms with van der Waals surface area (Å²) in [6.07, 6.45) is 0.363. The highest BCUT2D eigenvalue weighted by atomic mass is 32.2. The predicted octanol–water partition coefficient (Wildman–Crippen LogP) is 0.427. The first-order valence-corrected chi connectivity index (χ1v) is 7.44. The minimum atomic E-state index is -3.60. The second kappa shape index (κ2) is 5.68. The van der Waals surface area contributed by atoms with Crippen LogP contribution in [0.2, 0.25) is 0 Å². The van der Waals surface area contributed by atoms with Crippen molar-refractivity contribution in [2.75, 3.05) is 13.1 Å². The van der Waals surface area contributed by atoms with E-state index in [1.807, 2.05) is 30.3 Å². The minimum Gasteiger partial charge on any atom is -0.481 e. The zero-order chi connectivity index (χ0) is 13.9. The quantitative estimate of drug-likeness (QED) is 0.821. The molecule has 0 aromatic heterocycles. The molecule has 1 fully saturated rings. The van der Waals surface area contributed by atoms with E-state index in [1.54, 1.807) is 0 Å². The highest BCUT2D eigenvalue weighted by Crippen LogP contribution is 2.18. The Hall–Kier alpha value is -1.44. The van der Waals surface area contributed by atoms with Crippen molar-refractivity contribution in [3.8, 4) is 0 Å². The lowest BCUT2D eigenvalue weighted by atomic mass is 10.1. The van der Waals surface area contributed by atoms with Crippen molar-refractivity contribution >= 4 is 16.2 Å². The number of aliphatic carboxylic acids is 1. The average Bonchev–Trinajstić information content (AvgIpc) is 2.88. The minimum absolute atomic E-state index is 0.0411. The van der Waals surface area contributed by atoms with Gasteiger partial charge in [-0.2, -0.15) is 17.4 Å². The van der Waals surface area contributed by atoms with Crippen LogP contribution in [0.1, 0.15) is 12.0 Å². The lowest BCUT2D eigenvalue weighted by Crippen LogP contribution is -2.39. The fourth-order valence-corrected chi connectivity index (χ4v) is 3.26. The molecular weight excluding hydrogens is 268 g/mol. The Morgan fingerprint density at radius 3 is 2.63 bits per heavy atom. The molecule has 1 heterocycles. The molecule has 1 aliphatic rings. The van der Waals surface area contributed by atoms with E-state index in [-0.39, 0.29) is 19.6 Å². The molecular formula is C12H16N2O4S. The summed E-state index contributed by atoms with van der Waals surface area (Å²) < 4.78 is 27.7. The van der Waals surface area contributed by atoms with E-state index in [0.717, 1.165) is 5.56 Å². The Morgan fingerprint density at radius 1 is 1.37 bits per heavy atom. The van der Waals surface area contributed by atoms with E-state index in [9.17, 15) is 13.2 Å². The molecule has 7 heteroatoms. The molecule has 1 aromatic rings. The van der Waals surface area contributed by atoms with Gasteiger partial charge < -0.3 is 5.11 Å². The molecule has 0 bridgehead atoms. The van der Waals surface area contributed by atoms with Gasteiger partial charge in [0.05, 0.1) is 5.92 Å². The maximum Gasteiger partial charge on any atom is 0.307 e. The van der Waals surface area contributed by atoms with E-state index < -0.39 is 22.1 Å². The molecule has 0 spiro atoms. The standard InChI is InChI=1S/C12H16N2O4S/c15-12(16)11-6-7-14(9-11)19(17,18)13-8-10-4-2-1-3-5-10/h1-5,11,13H,6-9H2,(H,15,16). The Labute approximate surface area is 112 Å². The molecule has 1 aliphatic heterocycles. The van der Waals surface area contributed by atoms with Gasteiger partial charge in [0.15, 0.2) is 0 Å². The van der Waals surface area contributed by atoms with Crippen LogP contribution in [0.3, 0.4) is 0 Å². The molecule has 1 unspecified atom stereocenters. The molecule has 1 aromatic carbocycles. The van der Waals surface area contributed by atoms with Gasteiger partial charge >= 0.3 is 5.97 Å². The first kappa shape index (κ1) is 14.0. The third-order valence-corrected chi connectivity index (χ3v) is 4.66. The molecule has 2 N–H and O–H groups in total. The van der Waals surface area contributed by atoms with Gasteiger partial charge in [-0.15, -0.1) is 0 Å². The second-order valence-corrected chi connectivity index (χ2v) is 6.25. The van der Waals surface area contributed by atoms with Crippen molar-refractivity contribution in [3.05, 3.63) is 35.9 Å². The van der Waals surface area contributed by atoms with E-state index in [0.29, 0.717) is 6.42 Å². The average molecular weight is 284 g/mol. The lowest BCUT2D eigenvalue weighted by Gasteiger charge is -2.16. The van der Waals surface area contributed by atoms with Gasteiger partial charge in [-0.25, -0.2) is 0 Å². The number of carboxylic acid groups (broad SMARTS) is 1. The van der Waals surface area contributed by atoms with E-state index in [4.69, 9.17) is 5.11 Å². The van der Waals surface area contributed by atoms with Gasteiger partial charge in [0.25, 0.3) is 10.2 Å². The molecule has 0 radical (unpaired) electrons. The Kier molecular flexibility index (Phi) is 4.18. The number of nitrogens with one attached hydrogen (secondary N) is 1. The maximum atomic E-state index is 12.0. The van der Waals surface area contributed by atoms with Gasteiger partial charge in [-0.3, -0.25) is 4.79 Å². The number of carboxylic acids is 1. The van der Waals surface area contributed by atoms with Crippen LogP contribution in [0.15, 0.2) is 30.3 Å². The summed E-state index contributed by atoms with van der Waals surface area (Å²) in [5.74, 6) is -1.55. The highest BCUT2D eigenvalue weighted by Gasteiger charge is 2.34. The molecule has 104 valence electrons. The van der Waals surface area contributed by atoms with Crippen LogP contribution in [0, 0.1) is 5.92 Å². The predicted molar refractivity (Wildman–Crippen MR) is 69.5 cm³/mol. The molecule has 19 heavy (non-hydrogen) atoms. The van der Waals surface area contributed by atoms with Crippen molar-refractivity contribution < 1.29 is 18.3 Å². The number of hydrogen-bond acceptors (Lipinski definition) is 3. The van der Waals surface area contributed by atoms with Crippen LogP contribution in [0.5, 0.6) is 0 Å². The largest absolute Gasteiger partial charge is 0.481 e. The number of hydrogen-bond donors (Lipinski definition) is 2. The second-order valence-electron chi connectivity index (χ2n) is 4.49. The summed E-state index contributed by atoms with van der Waals surface area (Å²) in [7, 11) is -3.60. The van der Waals surface area contributed by atoms with Crippen LogP contribution in [0.25, 0.3) is 0 Å². The fraction of sp³-hybridized carbons (Fsp3) is 0.417. The fourth-order valence-electron chi connectivity index (χ4n) is 2.01. The van der Waals surface area contributed by atoms with Crippen molar-refractivity contribution in [3.63, 3.8) is 0 Å². The number of nitrogens with zero attached hydrogens (tertiary/aromatic N) is 1. The van der Waals surface area contributed by atoms with Crippen LogP contribution in [-0.2, 0) is 21.5 Å². The molecule has 0 amide bonds. The maximum absolute atomic E-state index is 12.0. The van der Waals surface area contributed by atoms with Gasteiger partial charge in [0, 0.05) is 19.6 Å². The molecule has 2 rings (SSSR count). The van der Waals surface area contributed by atoms with Crippen molar-refractivity contribution in [2.24, 2.45) is 5.92 Å². The summed E-state index contributed by atoms with van der Waals surface area (Å²) >= 11 is 0. The van der Waals surface area contributed by atoms with Crippen LogP contribution in [0.4, 0.5) is 0 Å². The van der Waals surface area contributed by atoms with Gasteiger partial charge in [0.2, 0.25) is 0 Å². The smallest absolute Gasteiger partial charge is 0.307 e. The van der Waals surface area contributed by atoms with E-state index in [1.165, 1.54) is 4.31 Å². The Morgan fingerprint density at radius 2 is 2.05 bits per heavy atom. The number of benzene rings is 1. The first-order valence-electron chi connectivity index (χ1n) is 6.00. The van der Waals surface area contributed by atoms with Gasteiger partial charge in [0.1, 0.15) is 0 Å². The summed E-state index contributed by atoms with van der Waals surface area (Å²) in [4.78, 5) is 10.8. The lowest BCUT2D eigenvalue weighted by molar-refractivity contribution is -0.141. The highest BCUT2D eigenvalue weighted by molar-refractivity contribution is 7.87. The van der Waals surface area contributed by atoms with Crippen molar-refractivity contribution in [1.82, 2.24) is 9.03 Å². The third kappa shape index (κ3) is 3.52. The summed E-state index contributed by atoms with van der Waals surface area (Å²) in [6, 6.07) is 9.18. The zero-order valence-corrected chi connectivity index (χ0v) is 11.1. The number of rotatable bonds is 5. The van der Waals surface area contributed by atoms with Gasteiger partial charge in [-0.05, 0) is 12.0 Å². The summed E-state index contributed by atoms with van der Waals surface area (Å²) in [5, 5.41) is 8.86. The van der Waals surface area contributed by atoms with Crippen LogP contribution < -0.4 is 4.72 Å².